The van der Waals surface area contributed by atoms with E-state index in [1.54, 1.807) is 23.5 Å². The molecule has 35 heavy (non-hydrogen) atoms. The number of benzene rings is 2. The van der Waals surface area contributed by atoms with Crippen molar-refractivity contribution in [2.75, 3.05) is 24.3 Å². The summed E-state index contributed by atoms with van der Waals surface area (Å²) >= 11 is 11.3. The van der Waals surface area contributed by atoms with Crippen LogP contribution >= 0.6 is 38.9 Å². The van der Waals surface area contributed by atoms with E-state index in [0.29, 0.717) is 16.5 Å². The summed E-state index contributed by atoms with van der Waals surface area (Å²) in [5.74, 6) is 0.475. The molecule has 0 aliphatic heterocycles. The summed E-state index contributed by atoms with van der Waals surface area (Å²) in [5.41, 5.74) is 4.89. The molecule has 184 valence electrons. The highest BCUT2D eigenvalue weighted by molar-refractivity contribution is 9.10. The first-order valence-electron chi connectivity index (χ1n) is 11.8. The molecule has 0 saturated heterocycles. The number of rotatable bonds is 5. The average Bonchev–Trinajstić information content (AvgIpc) is 3.16. The van der Waals surface area contributed by atoms with Gasteiger partial charge in [-0.15, -0.1) is 11.3 Å². The average molecular weight is 573 g/mol. The van der Waals surface area contributed by atoms with Crippen LogP contribution < -0.4 is 10.2 Å². The minimum absolute atomic E-state index is 0.115. The number of halogens is 2. The largest absolute Gasteiger partial charge is 0.377 e. The lowest BCUT2D eigenvalue weighted by Crippen LogP contribution is -2.27. The lowest BCUT2D eigenvalue weighted by molar-refractivity contribution is 0.102. The maximum absolute atomic E-state index is 13.5. The normalized spacial score (nSPS) is 15.8. The minimum atomic E-state index is -0.115. The molecule has 1 amide bonds. The van der Waals surface area contributed by atoms with E-state index in [4.69, 9.17) is 16.6 Å². The lowest BCUT2D eigenvalue weighted by Gasteiger charge is -2.33. The highest BCUT2D eigenvalue weighted by Gasteiger charge is 2.33. The maximum Gasteiger partial charge on any atom is 0.259 e. The van der Waals surface area contributed by atoms with Crippen LogP contribution in [0, 0.1) is 11.3 Å². The van der Waals surface area contributed by atoms with Crippen LogP contribution in [-0.4, -0.2) is 26.2 Å². The molecule has 0 unspecified atom stereocenters. The molecule has 0 spiro atoms. The third-order valence-electron chi connectivity index (χ3n) is 6.59. The molecule has 0 saturated carbocycles. The van der Waals surface area contributed by atoms with Gasteiger partial charge < -0.3 is 10.2 Å². The Morgan fingerprint density at radius 1 is 1.20 bits per heavy atom. The first kappa shape index (κ1) is 25.9. The van der Waals surface area contributed by atoms with Crippen molar-refractivity contribution in [1.29, 1.82) is 0 Å². The number of hydrogen-bond donors (Lipinski definition) is 1. The Labute approximate surface area is 225 Å². The van der Waals surface area contributed by atoms with Gasteiger partial charge in [-0.05, 0) is 94.1 Å². The predicted octanol–water partition coefficient (Wildman–Crippen LogP) is 8.38. The standard InChI is InChI=1S/C28H31BrClN3OS/c1-28(2,3)18-7-12-21-24(15-18)35-27(25(21)26(34)32-20-10-8-19(30)9-11-20)31-16-17-6-13-23(33(4)5)22(29)14-17/h6,8-11,13-14,16,18H,7,12,15H2,1-5H3,(H,32,34)/t18-/m0/s1. The summed E-state index contributed by atoms with van der Waals surface area (Å²) < 4.78 is 1.01. The SMILES string of the molecule is CN(C)c1ccc(C=Nc2sc3c(c2C(=O)Nc2ccc(Cl)cc2)CC[C@H](C(C)(C)C)C3)cc1Br. The number of aliphatic imine (C=N–C) groups is 1. The Balaban J connectivity index is 1.69. The molecule has 1 aliphatic rings. The molecule has 0 fully saturated rings. The molecule has 2 aromatic carbocycles. The number of carbonyl (C=O) groups excluding carboxylic acids is 1. The fraction of sp³-hybridized carbons (Fsp3) is 0.357. The monoisotopic (exact) mass is 571 g/mol. The fourth-order valence-corrected chi connectivity index (χ4v) is 6.61. The highest BCUT2D eigenvalue weighted by Crippen LogP contribution is 2.45. The van der Waals surface area contributed by atoms with E-state index in [9.17, 15) is 4.79 Å². The zero-order chi connectivity index (χ0) is 25.3. The number of hydrogen-bond acceptors (Lipinski definition) is 4. The molecule has 1 heterocycles. The summed E-state index contributed by atoms with van der Waals surface area (Å²) in [6, 6.07) is 13.4. The second kappa shape index (κ2) is 10.5. The van der Waals surface area contributed by atoms with Crippen LogP contribution in [0.5, 0.6) is 0 Å². The molecule has 7 heteroatoms. The van der Waals surface area contributed by atoms with Crippen molar-refractivity contribution in [2.24, 2.45) is 16.3 Å². The topological polar surface area (TPSA) is 44.7 Å². The van der Waals surface area contributed by atoms with Gasteiger partial charge in [0, 0.05) is 40.4 Å². The van der Waals surface area contributed by atoms with Crippen LogP contribution in [0.25, 0.3) is 0 Å². The molecule has 1 aromatic heterocycles. The molecule has 1 N–H and O–H groups in total. The van der Waals surface area contributed by atoms with E-state index in [-0.39, 0.29) is 11.3 Å². The smallest absolute Gasteiger partial charge is 0.259 e. The number of amides is 1. The summed E-state index contributed by atoms with van der Waals surface area (Å²) in [4.78, 5) is 21.7. The number of thiophene rings is 1. The third-order valence-corrected chi connectivity index (χ3v) is 8.63. The van der Waals surface area contributed by atoms with Crippen molar-refractivity contribution >= 4 is 67.4 Å². The fourth-order valence-electron chi connectivity index (χ4n) is 4.46. The van der Waals surface area contributed by atoms with Gasteiger partial charge in [0.15, 0.2) is 0 Å². The van der Waals surface area contributed by atoms with E-state index in [0.717, 1.165) is 51.2 Å². The van der Waals surface area contributed by atoms with Crippen molar-refractivity contribution in [3.05, 3.63) is 73.5 Å². The summed E-state index contributed by atoms with van der Waals surface area (Å²) in [7, 11) is 4.03. The number of carbonyl (C=O) groups is 1. The Morgan fingerprint density at radius 2 is 1.91 bits per heavy atom. The Morgan fingerprint density at radius 3 is 2.54 bits per heavy atom. The number of nitrogens with zero attached hydrogens (tertiary/aromatic N) is 2. The van der Waals surface area contributed by atoms with Crippen molar-refractivity contribution in [3.8, 4) is 0 Å². The predicted molar refractivity (Wildman–Crippen MR) is 154 cm³/mol. The molecule has 4 nitrogen and oxygen atoms in total. The zero-order valence-corrected chi connectivity index (χ0v) is 23.9. The highest BCUT2D eigenvalue weighted by atomic mass is 79.9. The molecular formula is C28H31BrClN3OS. The second-order valence-electron chi connectivity index (χ2n) is 10.3. The van der Waals surface area contributed by atoms with Gasteiger partial charge in [-0.1, -0.05) is 38.4 Å². The van der Waals surface area contributed by atoms with Gasteiger partial charge in [-0.3, -0.25) is 4.79 Å². The molecule has 0 bridgehead atoms. The molecular weight excluding hydrogens is 542 g/mol. The van der Waals surface area contributed by atoms with Gasteiger partial charge in [0.05, 0.1) is 11.3 Å². The summed E-state index contributed by atoms with van der Waals surface area (Å²) in [6.45, 7) is 6.91. The summed E-state index contributed by atoms with van der Waals surface area (Å²) in [5, 5.41) is 4.46. The van der Waals surface area contributed by atoms with Crippen LogP contribution in [0.2, 0.25) is 5.02 Å². The van der Waals surface area contributed by atoms with Crippen molar-refractivity contribution in [3.63, 3.8) is 0 Å². The van der Waals surface area contributed by atoms with Crippen LogP contribution in [0.4, 0.5) is 16.4 Å². The minimum Gasteiger partial charge on any atom is -0.377 e. The maximum atomic E-state index is 13.5. The van der Waals surface area contributed by atoms with Gasteiger partial charge in [0.1, 0.15) is 5.00 Å². The first-order valence-corrected chi connectivity index (χ1v) is 13.7. The van der Waals surface area contributed by atoms with E-state index in [1.807, 2.05) is 38.5 Å². The van der Waals surface area contributed by atoms with Gasteiger partial charge in [0.2, 0.25) is 0 Å². The number of fused-ring (bicyclic) bond motifs is 1. The Hall–Kier alpha value is -2.15. The molecule has 3 aromatic rings. The van der Waals surface area contributed by atoms with E-state index < -0.39 is 0 Å². The van der Waals surface area contributed by atoms with Gasteiger partial charge >= 0.3 is 0 Å². The lowest BCUT2D eigenvalue weighted by atomic mass is 9.72. The van der Waals surface area contributed by atoms with Gasteiger partial charge in [-0.2, -0.15) is 0 Å². The molecule has 1 atom stereocenters. The Kier molecular flexibility index (Phi) is 7.74. The molecule has 0 radical (unpaired) electrons. The summed E-state index contributed by atoms with van der Waals surface area (Å²) in [6.07, 6.45) is 4.82. The van der Waals surface area contributed by atoms with Crippen molar-refractivity contribution in [2.45, 2.75) is 40.0 Å². The van der Waals surface area contributed by atoms with Gasteiger partial charge in [0.25, 0.3) is 5.91 Å². The first-order chi connectivity index (χ1) is 16.5. The van der Waals surface area contributed by atoms with Crippen molar-refractivity contribution in [1.82, 2.24) is 0 Å². The quantitative estimate of drug-likeness (QED) is 0.312. The number of nitrogens with one attached hydrogen (secondary N) is 1. The zero-order valence-electron chi connectivity index (χ0n) is 20.8. The molecule has 1 aliphatic carbocycles. The van der Waals surface area contributed by atoms with Gasteiger partial charge in [-0.25, -0.2) is 4.99 Å². The van der Waals surface area contributed by atoms with Crippen LogP contribution in [0.3, 0.4) is 0 Å². The third kappa shape index (κ3) is 5.99. The van der Waals surface area contributed by atoms with E-state index in [2.05, 4.69) is 59.1 Å². The van der Waals surface area contributed by atoms with E-state index in [1.165, 1.54) is 4.88 Å². The van der Waals surface area contributed by atoms with Crippen LogP contribution in [0.15, 0.2) is 51.9 Å². The number of anilines is 2. The Bertz CT molecular complexity index is 1260. The van der Waals surface area contributed by atoms with E-state index >= 15 is 0 Å². The second-order valence-corrected chi connectivity index (χ2v) is 12.7. The van der Waals surface area contributed by atoms with Crippen LogP contribution in [-0.2, 0) is 12.8 Å². The van der Waals surface area contributed by atoms with Crippen LogP contribution in [0.1, 0.15) is 53.6 Å². The van der Waals surface area contributed by atoms with Crippen molar-refractivity contribution < 1.29 is 4.79 Å². The molecule has 4 rings (SSSR count).